The van der Waals surface area contributed by atoms with E-state index in [-0.39, 0.29) is 0 Å². The third kappa shape index (κ3) is 3.76. The third-order valence-electron chi connectivity index (χ3n) is 3.95. The summed E-state index contributed by atoms with van der Waals surface area (Å²) in [6.07, 6.45) is 8.98. The van der Waals surface area contributed by atoms with E-state index in [0.29, 0.717) is 6.04 Å². The quantitative estimate of drug-likeness (QED) is 0.719. The van der Waals surface area contributed by atoms with Crippen LogP contribution in [-0.2, 0) is 0 Å². The lowest BCUT2D eigenvalue weighted by Crippen LogP contribution is -2.26. The fourth-order valence-corrected chi connectivity index (χ4v) is 2.96. The van der Waals surface area contributed by atoms with Crippen molar-refractivity contribution in [2.75, 3.05) is 12.8 Å². The van der Waals surface area contributed by atoms with Crippen molar-refractivity contribution in [3.8, 4) is 0 Å². The van der Waals surface area contributed by atoms with Gasteiger partial charge in [-0.2, -0.15) is 0 Å². The van der Waals surface area contributed by atoms with Crippen LogP contribution in [0, 0.1) is 5.92 Å². The number of rotatable bonds is 7. The Morgan fingerprint density at radius 1 is 1.28 bits per heavy atom. The number of benzene rings is 1. The van der Waals surface area contributed by atoms with Crippen molar-refractivity contribution in [2.24, 2.45) is 5.92 Å². The van der Waals surface area contributed by atoms with Crippen LogP contribution in [0.5, 0.6) is 0 Å². The van der Waals surface area contributed by atoms with E-state index in [1.54, 1.807) is 0 Å². The van der Waals surface area contributed by atoms with Crippen molar-refractivity contribution in [2.45, 2.75) is 50.0 Å². The molecule has 0 aromatic heterocycles. The van der Waals surface area contributed by atoms with Crippen molar-refractivity contribution in [1.82, 2.24) is 5.32 Å². The van der Waals surface area contributed by atoms with Gasteiger partial charge in [-0.3, -0.25) is 0 Å². The Morgan fingerprint density at radius 2 is 2.00 bits per heavy atom. The zero-order valence-corrected chi connectivity index (χ0v) is 12.4. The van der Waals surface area contributed by atoms with E-state index >= 15 is 0 Å². The van der Waals surface area contributed by atoms with Crippen LogP contribution in [0.4, 0.5) is 0 Å². The highest BCUT2D eigenvalue weighted by molar-refractivity contribution is 7.98. The molecule has 1 N–H and O–H groups in total. The zero-order valence-electron chi connectivity index (χ0n) is 11.6. The van der Waals surface area contributed by atoms with E-state index in [9.17, 15) is 0 Å². The highest BCUT2D eigenvalue weighted by Crippen LogP contribution is 2.35. The predicted molar refractivity (Wildman–Crippen MR) is 81.2 cm³/mol. The van der Waals surface area contributed by atoms with Crippen LogP contribution >= 0.6 is 11.8 Å². The molecule has 2 heteroatoms. The summed E-state index contributed by atoms with van der Waals surface area (Å²) in [6.45, 7) is 3.37. The normalized spacial score (nSPS) is 17.4. The molecular formula is C16H25NS. The molecule has 1 saturated carbocycles. The van der Waals surface area contributed by atoms with Gasteiger partial charge in [0.15, 0.2) is 0 Å². The molecule has 2 rings (SSSR count). The first-order valence-electron chi connectivity index (χ1n) is 7.20. The summed E-state index contributed by atoms with van der Waals surface area (Å²) < 4.78 is 0. The lowest BCUT2D eigenvalue weighted by atomic mass is 9.79. The number of thioether (sulfide) groups is 1. The van der Waals surface area contributed by atoms with Crippen LogP contribution in [-0.4, -0.2) is 12.8 Å². The van der Waals surface area contributed by atoms with Gasteiger partial charge in [-0.15, -0.1) is 11.8 Å². The standard InChI is InChI=1S/C16H25NS/c1-3-11-17-16(12-13-5-4-6-13)14-7-9-15(18-2)10-8-14/h7-10,13,16-17H,3-6,11-12H2,1-2H3. The lowest BCUT2D eigenvalue weighted by Gasteiger charge is -2.30. The van der Waals surface area contributed by atoms with Gasteiger partial charge >= 0.3 is 0 Å². The monoisotopic (exact) mass is 263 g/mol. The van der Waals surface area contributed by atoms with E-state index < -0.39 is 0 Å². The summed E-state index contributed by atoms with van der Waals surface area (Å²) in [4.78, 5) is 1.36. The van der Waals surface area contributed by atoms with Crippen LogP contribution in [0.25, 0.3) is 0 Å². The smallest absolute Gasteiger partial charge is 0.0322 e. The highest BCUT2D eigenvalue weighted by atomic mass is 32.2. The Kier molecular flexibility index (Phi) is 5.58. The number of hydrogen-bond acceptors (Lipinski definition) is 2. The van der Waals surface area contributed by atoms with Crippen LogP contribution in [0.1, 0.15) is 50.6 Å². The third-order valence-corrected chi connectivity index (χ3v) is 4.70. The second-order valence-corrected chi connectivity index (χ2v) is 6.19. The molecule has 1 unspecified atom stereocenters. The van der Waals surface area contributed by atoms with Crippen LogP contribution < -0.4 is 5.32 Å². The Morgan fingerprint density at radius 3 is 2.50 bits per heavy atom. The first-order valence-corrected chi connectivity index (χ1v) is 8.43. The van der Waals surface area contributed by atoms with Crippen LogP contribution in [0.15, 0.2) is 29.2 Å². The van der Waals surface area contributed by atoms with Gasteiger partial charge < -0.3 is 5.32 Å². The molecule has 1 aromatic rings. The van der Waals surface area contributed by atoms with Crippen molar-refractivity contribution in [3.05, 3.63) is 29.8 Å². The summed E-state index contributed by atoms with van der Waals surface area (Å²) in [6, 6.07) is 9.67. The molecule has 0 amide bonds. The minimum atomic E-state index is 0.561. The van der Waals surface area contributed by atoms with E-state index in [1.165, 1.54) is 42.6 Å². The van der Waals surface area contributed by atoms with E-state index in [2.05, 4.69) is 42.8 Å². The Labute approximate surface area is 116 Å². The highest BCUT2D eigenvalue weighted by Gasteiger charge is 2.22. The molecule has 1 aliphatic carbocycles. The van der Waals surface area contributed by atoms with Gasteiger partial charge in [-0.25, -0.2) is 0 Å². The maximum atomic E-state index is 3.72. The molecule has 1 atom stereocenters. The van der Waals surface area contributed by atoms with Gasteiger partial charge in [0.2, 0.25) is 0 Å². The average Bonchev–Trinajstić information content (AvgIpc) is 2.37. The van der Waals surface area contributed by atoms with Gasteiger partial charge in [-0.1, -0.05) is 38.3 Å². The van der Waals surface area contributed by atoms with Crippen molar-refractivity contribution in [3.63, 3.8) is 0 Å². The maximum Gasteiger partial charge on any atom is 0.0322 e. The topological polar surface area (TPSA) is 12.0 Å². The van der Waals surface area contributed by atoms with Gasteiger partial charge in [-0.05, 0) is 49.3 Å². The van der Waals surface area contributed by atoms with Gasteiger partial charge in [0.1, 0.15) is 0 Å². The molecule has 1 nitrogen and oxygen atoms in total. The van der Waals surface area contributed by atoms with Gasteiger partial charge in [0.25, 0.3) is 0 Å². The Balaban J connectivity index is 2.00. The Bertz CT molecular complexity index is 343. The summed E-state index contributed by atoms with van der Waals surface area (Å²) in [5.41, 5.74) is 1.47. The minimum absolute atomic E-state index is 0.561. The minimum Gasteiger partial charge on any atom is -0.310 e. The first kappa shape index (κ1) is 14.0. The van der Waals surface area contributed by atoms with E-state index in [1.807, 2.05) is 11.8 Å². The van der Waals surface area contributed by atoms with Crippen LogP contribution in [0.3, 0.4) is 0 Å². The molecule has 0 spiro atoms. The molecule has 0 saturated heterocycles. The van der Waals surface area contributed by atoms with Crippen molar-refractivity contribution >= 4 is 11.8 Å². The summed E-state index contributed by atoms with van der Waals surface area (Å²) in [7, 11) is 0. The van der Waals surface area contributed by atoms with Crippen molar-refractivity contribution in [1.29, 1.82) is 0 Å². The SMILES string of the molecule is CCCNC(CC1CCC1)c1ccc(SC)cc1. The molecule has 18 heavy (non-hydrogen) atoms. The zero-order chi connectivity index (χ0) is 12.8. The molecule has 1 aromatic carbocycles. The fourth-order valence-electron chi connectivity index (χ4n) is 2.55. The first-order chi connectivity index (χ1) is 8.83. The van der Waals surface area contributed by atoms with E-state index in [0.717, 1.165) is 12.5 Å². The number of hydrogen-bond donors (Lipinski definition) is 1. The van der Waals surface area contributed by atoms with Gasteiger partial charge in [0, 0.05) is 10.9 Å². The summed E-state index contributed by atoms with van der Waals surface area (Å²) in [5.74, 6) is 0.958. The lowest BCUT2D eigenvalue weighted by molar-refractivity contribution is 0.261. The summed E-state index contributed by atoms with van der Waals surface area (Å²) >= 11 is 1.82. The largest absolute Gasteiger partial charge is 0.310 e. The molecular weight excluding hydrogens is 238 g/mol. The predicted octanol–water partition coefficient (Wildman–Crippen LogP) is 4.64. The average molecular weight is 263 g/mol. The summed E-state index contributed by atoms with van der Waals surface area (Å²) in [5, 5.41) is 3.72. The molecule has 1 fully saturated rings. The molecule has 0 heterocycles. The Hall–Kier alpha value is -0.470. The maximum absolute atomic E-state index is 3.72. The second kappa shape index (κ2) is 7.20. The molecule has 1 aliphatic rings. The number of nitrogens with one attached hydrogen (secondary N) is 1. The van der Waals surface area contributed by atoms with Crippen LogP contribution in [0.2, 0.25) is 0 Å². The molecule has 0 aliphatic heterocycles. The molecule has 0 bridgehead atoms. The second-order valence-electron chi connectivity index (χ2n) is 5.31. The molecule has 100 valence electrons. The van der Waals surface area contributed by atoms with Crippen molar-refractivity contribution < 1.29 is 0 Å². The van der Waals surface area contributed by atoms with Gasteiger partial charge in [0.05, 0.1) is 0 Å². The fraction of sp³-hybridized carbons (Fsp3) is 0.625. The molecule has 0 radical (unpaired) electrons. The van der Waals surface area contributed by atoms with E-state index in [4.69, 9.17) is 0 Å².